The molecule has 0 saturated carbocycles. The van der Waals surface area contributed by atoms with Crippen LogP contribution in [-0.4, -0.2) is 64.3 Å². The molecule has 1 aliphatic rings. The van der Waals surface area contributed by atoms with Crippen LogP contribution in [0.15, 0.2) is 60.9 Å². The molecule has 3 heterocycles. The fraction of sp³-hybridized carbons (Fsp3) is 0.472. The average molecular weight is 597 g/mol. The number of likely N-dealkylation sites (tertiary alicyclic amines) is 1. The Bertz CT molecular complexity index is 1540. The number of nitrogens with zero attached hydrogens (tertiary/aromatic N) is 2. The fourth-order valence-electron chi connectivity index (χ4n) is 6.45. The van der Waals surface area contributed by atoms with Gasteiger partial charge in [-0.15, -0.1) is 0 Å². The molecule has 1 aliphatic heterocycles. The summed E-state index contributed by atoms with van der Waals surface area (Å²) in [5.74, 6) is 0.442. The van der Waals surface area contributed by atoms with Gasteiger partial charge in [0.15, 0.2) is 5.78 Å². The molecule has 4 aromatic rings. The first-order valence-corrected chi connectivity index (χ1v) is 16.4. The van der Waals surface area contributed by atoms with Crippen molar-refractivity contribution in [3.8, 4) is 0 Å². The lowest BCUT2D eigenvalue weighted by atomic mass is 9.96. The summed E-state index contributed by atoms with van der Waals surface area (Å²) in [6.45, 7) is 7.60. The molecule has 8 heteroatoms. The van der Waals surface area contributed by atoms with Gasteiger partial charge >= 0.3 is 0 Å². The largest absolute Gasteiger partial charge is 0.383 e. The second-order valence-corrected chi connectivity index (χ2v) is 12.6. The number of nitrogens with one attached hydrogen (secondary N) is 3. The molecule has 0 bridgehead atoms. The number of aromatic nitrogens is 2. The summed E-state index contributed by atoms with van der Waals surface area (Å²) in [5, 5.41) is 9.66. The van der Waals surface area contributed by atoms with E-state index < -0.39 is 6.04 Å². The average Bonchev–Trinajstić information content (AvgIpc) is 3.44. The predicted octanol–water partition coefficient (Wildman–Crippen LogP) is 5.55. The van der Waals surface area contributed by atoms with Crippen LogP contribution in [-0.2, 0) is 22.4 Å². The number of nitrogens with two attached hydrogens (primary N) is 1. The monoisotopic (exact) mass is 596 g/mol. The van der Waals surface area contributed by atoms with Gasteiger partial charge in [-0.05, 0) is 80.4 Å². The summed E-state index contributed by atoms with van der Waals surface area (Å²) in [5.41, 5.74) is 9.14. The van der Waals surface area contributed by atoms with Gasteiger partial charge in [0.25, 0.3) is 0 Å². The van der Waals surface area contributed by atoms with Crippen molar-refractivity contribution in [3.63, 3.8) is 0 Å². The number of hydrogen-bond acceptors (Lipinski definition) is 6. The molecule has 0 unspecified atom stereocenters. The lowest BCUT2D eigenvalue weighted by Gasteiger charge is -2.27. The molecule has 1 amide bonds. The summed E-state index contributed by atoms with van der Waals surface area (Å²) in [6, 6.07) is 15.3. The number of piperidine rings is 1. The minimum absolute atomic E-state index is 0.0337. The summed E-state index contributed by atoms with van der Waals surface area (Å²) >= 11 is 0. The van der Waals surface area contributed by atoms with Crippen molar-refractivity contribution in [2.45, 2.75) is 89.8 Å². The number of H-pyrrole nitrogens is 1. The Labute approximate surface area is 261 Å². The van der Waals surface area contributed by atoms with Crippen molar-refractivity contribution < 1.29 is 9.59 Å². The topological polar surface area (TPSA) is 116 Å². The van der Waals surface area contributed by atoms with E-state index in [1.165, 1.54) is 32.4 Å². The van der Waals surface area contributed by atoms with Crippen LogP contribution in [0.1, 0.15) is 69.9 Å². The number of nitrogen functional groups attached to an aromatic ring is 1. The number of hydrogen-bond donors (Lipinski definition) is 4. The number of carbonyl (C=O) groups is 2. The van der Waals surface area contributed by atoms with Gasteiger partial charge in [0, 0.05) is 47.6 Å². The van der Waals surface area contributed by atoms with Crippen LogP contribution in [0.2, 0.25) is 0 Å². The highest BCUT2D eigenvalue weighted by Crippen LogP contribution is 2.22. The molecule has 0 radical (unpaired) electrons. The molecular formula is C36H48N6O2. The van der Waals surface area contributed by atoms with Gasteiger partial charge in [0.1, 0.15) is 5.82 Å². The quantitative estimate of drug-likeness (QED) is 0.134. The van der Waals surface area contributed by atoms with E-state index in [0.29, 0.717) is 25.1 Å². The molecule has 5 N–H and O–H groups in total. The molecular weight excluding hydrogens is 548 g/mol. The van der Waals surface area contributed by atoms with Crippen molar-refractivity contribution in [3.05, 3.63) is 72.1 Å². The predicted molar refractivity (Wildman–Crippen MR) is 180 cm³/mol. The molecule has 234 valence electrons. The number of rotatable bonds is 15. The van der Waals surface area contributed by atoms with E-state index in [2.05, 4.69) is 51.5 Å². The first-order chi connectivity index (χ1) is 21.4. The third-order valence-electron chi connectivity index (χ3n) is 8.84. The van der Waals surface area contributed by atoms with Gasteiger partial charge in [-0.25, -0.2) is 4.98 Å². The highest BCUT2D eigenvalue weighted by atomic mass is 16.2. The molecule has 0 spiro atoms. The van der Waals surface area contributed by atoms with E-state index >= 15 is 0 Å². The highest BCUT2D eigenvalue weighted by molar-refractivity contribution is 5.93. The van der Waals surface area contributed by atoms with Crippen molar-refractivity contribution >= 4 is 39.2 Å². The number of Topliss-reactive ketones (excluding diaryl/α,β-unsaturated/α-hetero) is 1. The molecule has 2 aromatic heterocycles. The van der Waals surface area contributed by atoms with Crippen molar-refractivity contribution in [1.29, 1.82) is 0 Å². The van der Waals surface area contributed by atoms with Crippen LogP contribution < -0.4 is 16.4 Å². The summed E-state index contributed by atoms with van der Waals surface area (Å²) in [6.07, 6.45) is 11.7. The van der Waals surface area contributed by atoms with Gasteiger partial charge in [0.2, 0.25) is 5.91 Å². The zero-order valence-electron chi connectivity index (χ0n) is 26.3. The van der Waals surface area contributed by atoms with Crippen LogP contribution in [0.25, 0.3) is 21.7 Å². The van der Waals surface area contributed by atoms with E-state index in [-0.39, 0.29) is 23.8 Å². The molecule has 0 aliphatic carbocycles. The van der Waals surface area contributed by atoms with Crippen molar-refractivity contribution in [1.82, 2.24) is 25.5 Å². The Balaban J connectivity index is 1.27. The minimum atomic E-state index is -0.619. The van der Waals surface area contributed by atoms with Gasteiger partial charge < -0.3 is 26.3 Å². The van der Waals surface area contributed by atoms with Crippen molar-refractivity contribution in [2.75, 3.05) is 25.4 Å². The van der Waals surface area contributed by atoms with E-state index in [9.17, 15) is 9.59 Å². The van der Waals surface area contributed by atoms with Crippen molar-refractivity contribution in [2.24, 2.45) is 0 Å². The maximum atomic E-state index is 13.8. The Morgan fingerprint density at radius 1 is 1.00 bits per heavy atom. The maximum Gasteiger partial charge on any atom is 0.237 e. The third-order valence-corrected chi connectivity index (χ3v) is 8.84. The lowest BCUT2D eigenvalue weighted by molar-refractivity contribution is -0.129. The normalized spacial score (nSPS) is 15.5. The van der Waals surface area contributed by atoms with E-state index in [1.54, 1.807) is 6.20 Å². The van der Waals surface area contributed by atoms with Gasteiger partial charge in [-0.3, -0.25) is 9.59 Å². The summed E-state index contributed by atoms with van der Waals surface area (Å²) in [4.78, 5) is 37.6. The van der Waals surface area contributed by atoms with Crippen LogP contribution in [0.4, 0.5) is 5.82 Å². The van der Waals surface area contributed by atoms with Crippen LogP contribution in [0, 0.1) is 0 Å². The molecule has 1 saturated heterocycles. The van der Waals surface area contributed by atoms with E-state index in [0.717, 1.165) is 58.6 Å². The van der Waals surface area contributed by atoms with Gasteiger partial charge in [-0.2, -0.15) is 0 Å². The van der Waals surface area contributed by atoms with E-state index in [4.69, 9.17) is 5.73 Å². The number of ketones is 1. The summed E-state index contributed by atoms with van der Waals surface area (Å²) < 4.78 is 0. The molecule has 44 heavy (non-hydrogen) atoms. The number of unbranched alkanes of at least 4 members (excludes halogenated alkanes) is 1. The van der Waals surface area contributed by atoms with Gasteiger partial charge in [-0.1, -0.05) is 63.1 Å². The standard InChI is InChI=1S/C36H48N6O2/c1-25(2)40-32(12-6-9-21-42-19-7-3-8-20-42)36(44)41-33(23-28-24-39-31-11-5-4-10-29(28)31)34(43)16-14-26-13-15-30-27(22-26)17-18-38-35(30)37/h4-5,10-11,13,15,17-18,22,24-25,32-33,39-40H,3,6-9,12,14,16,19-21,23H2,1-2H3,(H2,37,38)(H,41,44)/t32-,33+/m1/s1. The van der Waals surface area contributed by atoms with Crippen LogP contribution in [0.5, 0.6) is 0 Å². The Hall–Kier alpha value is -3.75. The number of benzene rings is 2. The highest BCUT2D eigenvalue weighted by Gasteiger charge is 2.27. The Morgan fingerprint density at radius 2 is 1.82 bits per heavy atom. The smallest absolute Gasteiger partial charge is 0.237 e. The SMILES string of the molecule is CC(C)N[C@H](CCCCN1CCCCC1)C(=O)N[C@@H](Cc1c[nH]c2ccccc12)C(=O)CCc1ccc2c(N)nccc2c1. The molecule has 8 nitrogen and oxygen atoms in total. The van der Waals surface area contributed by atoms with Crippen LogP contribution >= 0.6 is 0 Å². The second kappa shape index (κ2) is 15.3. The second-order valence-electron chi connectivity index (χ2n) is 12.6. The minimum Gasteiger partial charge on any atom is -0.383 e. The van der Waals surface area contributed by atoms with E-state index in [1.807, 2.05) is 42.6 Å². The molecule has 5 rings (SSSR count). The van der Waals surface area contributed by atoms with Crippen LogP contribution in [0.3, 0.4) is 0 Å². The zero-order valence-corrected chi connectivity index (χ0v) is 26.3. The lowest BCUT2D eigenvalue weighted by Crippen LogP contribution is -2.52. The third kappa shape index (κ3) is 8.45. The number of carbonyl (C=O) groups excluding carboxylic acids is 2. The first-order valence-electron chi connectivity index (χ1n) is 16.4. The number of aryl methyl sites for hydroxylation is 1. The summed E-state index contributed by atoms with van der Waals surface area (Å²) in [7, 11) is 0. The number of aromatic amines is 1. The molecule has 2 atom stereocenters. The molecule has 1 fully saturated rings. The number of para-hydroxylation sites is 1. The number of fused-ring (bicyclic) bond motifs is 2. The number of anilines is 1. The maximum absolute atomic E-state index is 13.8. The first kappa shape index (κ1) is 31.7. The number of pyridine rings is 1. The molecule has 2 aromatic carbocycles. The zero-order chi connectivity index (χ0) is 30.9. The Kier molecular flexibility index (Phi) is 11.0. The van der Waals surface area contributed by atoms with Gasteiger partial charge in [0.05, 0.1) is 12.1 Å². The fourth-order valence-corrected chi connectivity index (χ4v) is 6.45. The Morgan fingerprint density at radius 3 is 2.64 bits per heavy atom. The number of amides is 1.